The minimum atomic E-state index is -0.579. The zero-order valence-corrected chi connectivity index (χ0v) is 20.0. The number of amides is 1. The second kappa shape index (κ2) is 8.51. The quantitative estimate of drug-likeness (QED) is 0.551. The van der Waals surface area contributed by atoms with Gasteiger partial charge in [0.1, 0.15) is 5.82 Å². The van der Waals surface area contributed by atoms with Gasteiger partial charge in [0.2, 0.25) is 5.95 Å². The third kappa shape index (κ3) is 3.96. The maximum absolute atomic E-state index is 14.9. The van der Waals surface area contributed by atoms with Crippen LogP contribution in [0.5, 0.6) is 0 Å². The van der Waals surface area contributed by atoms with Crippen molar-refractivity contribution in [3.05, 3.63) is 71.2 Å². The molecule has 3 aromatic rings. The van der Waals surface area contributed by atoms with Crippen molar-refractivity contribution in [1.29, 1.82) is 0 Å². The van der Waals surface area contributed by atoms with Crippen molar-refractivity contribution < 1.29 is 9.18 Å². The number of benzene rings is 2. The Morgan fingerprint density at radius 3 is 2.50 bits per heavy atom. The maximum atomic E-state index is 14.9. The first kappa shape index (κ1) is 22.5. The lowest BCUT2D eigenvalue weighted by atomic mass is 9.81. The van der Waals surface area contributed by atoms with Crippen LogP contribution in [0.1, 0.15) is 48.7 Å². The van der Waals surface area contributed by atoms with Crippen molar-refractivity contribution in [2.24, 2.45) is 0 Å². The van der Waals surface area contributed by atoms with Gasteiger partial charge in [-0.05, 0) is 67.6 Å². The average Bonchev–Trinajstić information content (AvgIpc) is 3.23. The van der Waals surface area contributed by atoms with Crippen LogP contribution in [0, 0.1) is 5.95 Å². The second-order valence-electron chi connectivity index (χ2n) is 10.1. The molecule has 176 valence electrons. The summed E-state index contributed by atoms with van der Waals surface area (Å²) in [6.07, 6.45) is 1.87. The highest BCUT2D eigenvalue weighted by Crippen LogP contribution is 2.37. The van der Waals surface area contributed by atoms with Crippen LogP contribution in [0.4, 0.5) is 10.2 Å². The third-order valence-electron chi connectivity index (χ3n) is 7.47. The first-order chi connectivity index (χ1) is 16.2. The number of carbonyl (C=O) groups excluding carboxylic acids is 1. The molecule has 1 aromatic heterocycles. The van der Waals surface area contributed by atoms with Gasteiger partial charge in [0, 0.05) is 41.2 Å². The largest absolute Gasteiger partial charge is 0.383 e. The third-order valence-corrected chi connectivity index (χ3v) is 7.47. The molecule has 0 saturated carbocycles. The summed E-state index contributed by atoms with van der Waals surface area (Å²) in [5.41, 5.74) is 11.9. The Labute approximate surface area is 200 Å². The molecule has 3 N–H and O–H groups in total. The fourth-order valence-corrected chi connectivity index (χ4v) is 5.26. The molecule has 5 rings (SSSR count). The Balaban J connectivity index is 1.47. The molecular formula is C28H31FN4O. The SMILES string of the molecule is CC(C)N1CCC(C)(c2ccc(-c3cc(-c4ccc5c(c4)CCNC5=O)c(N)nc3F)cc2)C1. The number of nitrogens with one attached hydrogen (secondary N) is 1. The van der Waals surface area contributed by atoms with Crippen molar-refractivity contribution in [3.63, 3.8) is 0 Å². The fraction of sp³-hybridized carbons (Fsp3) is 0.357. The number of aromatic nitrogens is 1. The molecule has 0 radical (unpaired) electrons. The number of nitrogens with zero attached hydrogens (tertiary/aromatic N) is 2. The number of pyridine rings is 1. The van der Waals surface area contributed by atoms with E-state index in [4.69, 9.17) is 5.73 Å². The molecule has 1 atom stereocenters. The van der Waals surface area contributed by atoms with Crippen LogP contribution in [0.25, 0.3) is 22.3 Å². The zero-order chi connectivity index (χ0) is 24.0. The Hall–Kier alpha value is -3.25. The normalized spacial score (nSPS) is 20.4. The number of rotatable bonds is 4. The van der Waals surface area contributed by atoms with Crippen LogP contribution >= 0.6 is 0 Å². The predicted molar refractivity (Wildman–Crippen MR) is 134 cm³/mol. The van der Waals surface area contributed by atoms with Gasteiger partial charge in [-0.25, -0.2) is 4.98 Å². The summed E-state index contributed by atoms with van der Waals surface area (Å²) >= 11 is 0. The predicted octanol–water partition coefficient (Wildman–Crippen LogP) is 4.79. The average molecular weight is 459 g/mol. The second-order valence-corrected chi connectivity index (χ2v) is 10.1. The number of nitrogens with two attached hydrogens (primary N) is 1. The zero-order valence-electron chi connectivity index (χ0n) is 20.0. The molecule has 1 amide bonds. The molecule has 6 heteroatoms. The molecule has 0 spiro atoms. The van der Waals surface area contributed by atoms with Crippen molar-refractivity contribution in [1.82, 2.24) is 15.2 Å². The Morgan fingerprint density at radius 1 is 1.06 bits per heavy atom. The summed E-state index contributed by atoms with van der Waals surface area (Å²) in [6.45, 7) is 9.52. The van der Waals surface area contributed by atoms with Gasteiger partial charge < -0.3 is 16.0 Å². The highest BCUT2D eigenvalue weighted by atomic mass is 19.1. The number of carbonyl (C=O) groups is 1. The molecule has 2 aromatic carbocycles. The van der Waals surface area contributed by atoms with E-state index < -0.39 is 5.95 Å². The molecule has 0 bridgehead atoms. The maximum Gasteiger partial charge on any atom is 0.251 e. The Kier molecular flexibility index (Phi) is 5.64. The molecule has 1 unspecified atom stereocenters. The van der Waals surface area contributed by atoms with E-state index in [0.717, 1.165) is 42.6 Å². The Bertz CT molecular complexity index is 1250. The molecule has 2 aliphatic rings. The van der Waals surface area contributed by atoms with Crippen LogP contribution < -0.4 is 11.1 Å². The number of halogens is 1. The van der Waals surface area contributed by atoms with Gasteiger partial charge in [-0.3, -0.25) is 4.79 Å². The number of hydrogen-bond donors (Lipinski definition) is 2. The monoisotopic (exact) mass is 458 g/mol. The van der Waals surface area contributed by atoms with E-state index in [1.54, 1.807) is 12.1 Å². The molecule has 1 saturated heterocycles. The van der Waals surface area contributed by atoms with Crippen LogP contribution in [-0.4, -0.2) is 41.5 Å². The summed E-state index contributed by atoms with van der Waals surface area (Å²) in [7, 11) is 0. The van der Waals surface area contributed by atoms with Crippen LogP contribution in [0.3, 0.4) is 0 Å². The molecule has 3 heterocycles. The summed E-state index contributed by atoms with van der Waals surface area (Å²) in [5.74, 6) is -0.499. The minimum absolute atomic E-state index is 0.0637. The molecular weight excluding hydrogens is 427 g/mol. The van der Waals surface area contributed by atoms with E-state index >= 15 is 0 Å². The highest BCUT2D eigenvalue weighted by molar-refractivity contribution is 5.97. The van der Waals surface area contributed by atoms with E-state index in [1.807, 2.05) is 24.3 Å². The lowest BCUT2D eigenvalue weighted by Gasteiger charge is -2.27. The number of nitrogen functional groups attached to an aromatic ring is 1. The van der Waals surface area contributed by atoms with E-state index in [0.29, 0.717) is 29.3 Å². The highest BCUT2D eigenvalue weighted by Gasteiger charge is 2.36. The number of fused-ring (bicyclic) bond motifs is 1. The standard InChI is InChI=1S/C28H31FN4O/c1-17(2)33-13-11-28(3,16-33)21-7-4-18(5-8-21)23-15-24(26(30)32-25(23)29)19-6-9-22-20(14-19)10-12-31-27(22)34/h4-9,14-15,17H,10-13,16H2,1-3H3,(H2,30,32)(H,31,34). The van der Waals surface area contributed by atoms with Crippen LogP contribution in [-0.2, 0) is 11.8 Å². The van der Waals surface area contributed by atoms with Gasteiger partial charge >= 0.3 is 0 Å². The molecule has 2 aliphatic heterocycles. The van der Waals surface area contributed by atoms with E-state index in [1.165, 1.54) is 5.56 Å². The molecule has 34 heavy (non-hydrogen) atoms. The van der Waals surface area contributed by atoms with E-state index in [9.17, 15) is 9.18 Å². The van der Waals surface area contributed by atoms with Gasteiger partial charge in [0.15, 0.2) is 0 Å². The van der Waals surface area contributed by atoms with Crippen LogP contribution in [0.2, 0.25) is 0 Å². The van der Waals surface area contributed by atoms with E-state index in [2.05, 4.69) is 48.1 Å². The first-order valence-corrected chi connectivity index (χ1v) is 12.0. The lowest BCUT2D eigenvalue weighted by Crippen LogP contribution is -2.32. The summed E-state index contributed by atoms with van der Waals surface area (Å²) in [5, 5.41) is 2.85. The molecule has 5 nitrogen and oxygen atoms in total. The molecule has 1 fully saturated rings. The fourth-order valence-electron chi connectivity index (χ4n) is 5.26. The minimum Gasteiger partial charge on any atom is -0.383 e. The van der Waals surface area contributed by atoms with Gasteiger partial charge in [0.05, 0.1) is 0 Å². The first-order valence-electron chi connectivity index (χ1n) is 12.0. The summed E-state index contributed by atoms with van der Waals surface area (Å²) in [4.78, 5) is 18.6. The van der Waals surface area contributed by atoms with Crippen molar-refractivity contribution >= 4 is 11.7 Å². The smallest absolute Gasteiger partial charge is 0.251 e. The van der Waals surface area contributed by atoms with E-state index in [-0.39, 0.29) is 17.1 Å². The van der Waals surface area contributed by atoms with Crippen molar-refractivity contribution in [2.75, 3.05) is 25.4 Å². The van der Waals surface area contributed by atoms with Crippen LogP contribution in [0.15, 0.2) is 48.5 Å². The van der Waals surface area contributed by atoms with Crippen molar-refractivity contribution in [3.8, 4) is 22.3 Å². The Morgan fingerprint density at radius 2 is 1.79 bits per heavy atom. The number of anilines is 1. The summed E-state index contributed by atoms with van der Waals surface area (Å²) in [6, 6.07) is 16.1. The van der Waals surface area contributed by atoms with Crippen molar-refractivity contribution in [2.45, 2.75) is 45.1 Å². The topological polar surface area (TPSA) is 71.2 Å². The van der Waals surface area contributed by atoms with Gasteiger partial charge in [0.25, 0.3) is 5.91 Å². The summed E-state index contributed by atoms with van der Waals surface area (Å²) < 4.78 is 14.9. The number of hydrogen-bond acceptors (Lipinski definition) is 4. The van der Waals surface area contributed by atoms with Gasteiger partial charge in [-0.1, -0.05) is 43.3 Å². The van der Waals surface area contributed by atoms with Gasteiger partial charge in [-0.15, -0.1) is 0 Å². The van der Waals surface area contributed by atoms with Gasteiger partial charge in [-0.2, -0.15) is 4.39 Å². The number of likely N-dealkylation sites (tertiary alicyclic amines) is 1. The lowest BCUT2D eigenvalue weighted by molar-refractivity contribution is 0.0946. The molecule has 0 aliphatic carbocycles.